The van der Waals surface area contributed by atoms with E-state index in [9.17, 15) is 39.1 Å². The molecule has 0 bridgehead atoms. The second-order valence-electron chi connectivity index (χ2n) is 10.3. The molecule has 2 rings (SSSR count). The summed E-state index contributed by atoms with van der Waals surface area (Å²) in [5.74, 6) is -5.25. The number of carbonyl (C=O) groups excluding carboxylic acids is 4. The van der Waals surface area contributed by atoms with Gasteiger partial charge in [0, 0.05) is 11.1 Å². The Hall–Kier alpha value is -5.05. The van der Waals surface area contributed by atoms with Gasteiger partial charge in [-0.05, 0) is 50.1 Å². The van der Waals surface area contributed by atoms with Gasteiger partial charge in [0.1, 0.15) is 17.5 Å². The van der Waals surface area contributed by atoms with Crippen LogP contribution in [-0.2, 0) is 19.2 Å². The number of carboxylic acid groups (broad SMARTS) is 2. The Bertz CT molecular complexity index is 1390. The summed E-state index contributed by atoms with van der Waals surface area (Å²) in [5.41, 5.74) is 0.590. The lowest BCUT2D eigenvalue weighted by Crippen LogP contribution is -2.47. The maximum atomic E-state index is 13.0. The van der Waals surface area contributed by atoms with Gasteiger partial charge in [0.2, 0.25) is 12.3 Å². The number of hydrogen-bond acceptors (Lipinski definition) is 9. The quantitative estimate of drug-likeness (QED) is 0.0404. The predicted molar refractivity (Wildman–Crippen MR) is 164 cm³/mol. The highest BCUT2D eigenvalue weighted by molar-refractivity contribution is 5.99. The van der Waals surface area contributed by atoms with Gasteiger partial charge in [-0.25, -0.2) is 14.8 Å². The fourth-order valence-corrected chi connectivity index (χ4v) is 4.75. The van der Waals surface area contributed by atoms with E-state index in [1.54, 1.807) is 32.0 Å². The van der Waals surface area contributed by atoms with Crippen molar-refractivity contribution in [1.82, 2.24) is 26.0 Å². The molecule has 1 aromatic carbocycles. The number of hydroxylamine groups is 2. The number of benzene rings is 1. The van der Waals surface area contributed by atoms with E-state index in [4.69, 9.17) is 9.84 Å². The SMILES string of the molecule is CCCCC[C@@H](C(=O)NCNC(=O)c1cccc(-c2cc(OCC)cc(C(=O)N[C@@H](CC(=O)O)C(=O)O)c2)n1)[C@@H](CC)N(O)C=O. The zero-order valence-corrected chi connectivity index (χ0v) is 26.0. The second kappa shape index (κ2) is 18.7. The number of aliphatic carboxylic acids is 2. The van der Waals surface area contributed by atoms with E-state index < -0.39 is 54.1 Å². The standard InChI is InChI=1S/C31H41N5O10/c1-4-7-8-10-22(26(5-2)36(45)18-37)29(41)32-17-33-30(42)24-12-9-11-23(34-24)19-13-20(15-21(14-19)46-6-3)28(40)35-25(31(43)44)16-27(38)39/h9,11-15,18,22,25-26,45H,4-8,10,16-17H2,1-3H3,(H,32,41)(H,33,42)(H,35,40)(H,38,39)(H,43,44)/t22-,25+,26-/m1/s1. The highest BCUT2D eigenvalue weighted by atomic mass is 16.5. The van der Waals surface area contributed by atoms with Crippen LogP contribution in [0.15, 0.2) is 36.4 Å². The van der Waals surface area contributed by atoms with E-state index in [2.05, 4.69) is 20.9 Å². The van der Waals surface area contributed by atoms with Crippen LogP contribution in [0.3, 0.4) is 0 Å². The number of rotatable bonds is 20. The molecule has 0 aliphatic rings. The molecule has 2 aromatic rings. The molecule has 0 unspecified atom stereocenters. The summed E-state index contributed by atoms with van der Waals surface area (Å²) in [6.07, 6.45) is 2.74. The van der Waals surface area contributed by atoms with Gasteiger partial charge >= 0.3 is 11.9 Å². The normalized spacial score (nSPS) is 12.6. The number of carbonyl (C=O) groups is 6. The average molecular weight is 644 g/mol. The van der Waals surface area contributed by atoms with Gasteiger partial charge in [0.05, 0.1) is 37.4 Å². The molecule has 0 saturated carbocycles. The topological polar surface area (TPSA) is 225 Å². The van der Waals surface area contributed by atoms with E-state index in [0.29, 0.717) is 23.5 Å². The number of aromatic nitrogens is 1. The average Bonchev–Trinajstić information content (AvgIpc) is 3.03. The molecule has 15 nitrogen and oxygen atoms in total. The molecule has 0 fully saturated rings. The number of ether oxygens (including phenoxy) is 1. The Balaban J connectivity index is 2.22. The molecule has 0 aliphatic heterocycles. The molecule has 6 N–H and O–H groups in total. The van der Waals surface area contributed by atoms with E-state index in [1.807, 2.05) is 6.92 Å². The van der Waals surface area contributed by atoms with E-state index in [-0.39, 0.29) is 42.4 Å². The van der Waals surface area contributed by atoms with E-state index in [0.717, 1.165) is 19.3 Å². The second-order valence-corrected chi connectivity index (χ2v) is 10.3. The summed E-state index contributed by atoms with van der Waals surface area (Å²) in [7, 11) is 0. The van der Waals surface area contributed by atoms with Crippen LogP contribution >= 0.6 is 0 Å². The molecule has 0 radical (unpaired) electrons. The molecule has 0 spiro atoms. The van der Waals surface area contributed by atoms with Crippen molar-refractivity contribution >= 4 is 36.1 Å². The lowest BCUT2D eigenvalue weighted by molar-refractivity contribution is -0.168. The highest BCUT2D eigenvalue weighted by Crippen LogP contribution is 2.26. The third-order valence-corrected chi connectivity index (χ3v) is 7.04. The highest BCUT2D eigenvalue weighted by Gasteiger charge is 2.30. The minimum Gasteiger partial charge on any atom is -0.494 e. The van der Waals surface area contributed by atoms with Crippen molar-refractivity contribution in [3.05, 3.63) is 47.7 Å². The Labute approximate surface area is 266 Å². The molecule has 0 saturated heterocycles. The minimum atomic E-state index is -1.66. The molecule has 15 heteroatoms. The van der Waals surface area contributed by atoms with Crippen LogP contribution in [-0.4, -0.2) is 86.9 Å². The summed E-state index contributed by atoms with van der Waals surface area (Å²) < 4.78 is 5.55. The number of hydrogen-bond donors (Lipinski definition) is 6. The van der Waals surface area contributed by atoms with Crippen LogP contribution in [0.25, 0.3) is 11.3 Å². The van der Waals surface area contributed by atoms with E-state index in [1.165, 1.54) is 18.2 Å². The molecule has 3 atom stereocenters. The van der Waals surface area contributed by atoms with Gasteiger partial charge in [-0.1, -0.05) is 39.2 Å². The first-order valence-electron chi connectivity index (χ1n) is 14.9. The molecule has 1 heterocycles. The van der Waals surface area contributed by atoms with Crippen LogP contribution in [0.5, 0.6) is 5.75 Å². The zero-order valence-electron chi connectivity index (χ0n) is 26.0. The molecule has 1 aromatic heterocycles. The van der Waals surface area contributed by atoms with Crippen molar-refractivity contribution in [2.24, 2.45) is 5.92 Å². The van der Waals surface area contributed by atoms with Crippen molar-refractivity contribution in [2.75, 3.05) is 13.3 Å². The maximum Gasteiger partial charge on any atom is 0.326 e. The number of unbranched alkanes of at least 4 members (excludes halogenated alkanes) is 2. The van der Waals surface area contributed by atoms with Crippen LogP contribution < -0.4 is 20.7 Å². The van der Waals surface area contributed by atoms with Crippen LogP contribution in [0.1, 0.15) is 80.1 Å². The van der Waals surface area contributed by atoms with Crippen molar-refractivity contribution in [2.45, 2.75) is 71.4 Å². The number of carboxylic acids is 2. The monoisotopic (exact) mass is 643 g/mol. The summed E-state index contributed by atoms with van der Waals surface area (Å²) in [6, 6.07) is 6.52. The van der Waals surface area contributed by atoms with Crippen molar-refractivity contribution < 1.29 is 48.9 Å². The van der Waals surface area contributed by atoms with E-state index >= 15 is 0 Å². The summed E-state index contributed by atoms with van der Waals surface area (Å²) >= 11 is 0. The van der Waals surface area contributed by atoms with Crippen LogP contribution in [0.2, 0.25) is 0 Å². The number of amides is 4. The summed E-state index contributed by atoms with van der Waals surface area (Å²) in [6.45, 7) is 5.49. The summed E-state index contributed by atoms with van der Waals surface area (Å²) in [4.78, 5) is 76.9. The molecule has 250 valence electrons. The zero-order chi connectivity index (χ0) is 34.2. The lowest BCUT2D eigenvalue weighted by atomic mass is 9.90. The van der Waals surface area contributed by atoms with Crippen molar-refractivity contribution in [1.29, 1.82) is 0 Å². The molecule has 4 amide bonds. The third-order valence-electron chi connectivity index (χ3n) is 7.04. The van der Waals surface area contributed by atoms with Gasteiger partial charge in [0.15, 0.2) is 0 Å². The first-order valence-corrected chi connectivity index (χ1v) is 14.9. The Morgan fingerprint density at radius 3 is 2.35 bits per heavy atom. The first kappa shape index (κ1) is 37.1. The van der Waals surface area contributed by atoms with Gasteiger partial charge < -0.3 is 30.9 Å². The van der Waals surface area contributed by atoms with Crippen LogP contribution in [0.4, 0.5) is 0 Å². The Morgan fingerprint density at radius 1 is 1.00 bits per heavy atom. The van der Waals surface area contributed by atoms with Gasteiger partial charge in [-0.3, -0.25) is 29.2 Å². The Morgan fingerprint density at radius 2 is 1.74 bits per heavy atom. The lowest BCUT2D eigenvalue weighted by Gasteiger charge is -2.29. The fourth-order valence-electron chi connectivity index (χ4n) is 4.75. The first-order chi connectivity index (χ1) is 21.9. The number of nitrogens with zero attached hydrogens (tertiary/aromatic N) is 2. The molecular formula is C31H41N5O10. The van der Waals surface area contributed by atoms with Gasteiger partial charge in [-0.2, -0.15) is 0 Å². The van der Waals surface area contributed by atoms with Gasteiger partial charge in [-0.15, -0.1) is 0 Å². The van der Waals surface area contributed by atoms with Crippen molar-refractivity contribution in [3.63, 3.8) is 0 Å². The third kappa shape index (κ3) is 11.1. The summed E-state index contributed by atoms with van der Waals surface area (Å²) in [5, 5.41) is 36.2. The Kier molecular flexibility index (Phi) is 15.1. The number of pyridine rings is 1. The van der Waals surface area contributed by atoms with Gasteiger partial charge in [0.25, 0.3) is 11.8 Å². The predicted octanol–water partition coefficient (Wildman–Crippen LogP) is 2.43. The minimum absolute atomic E-state index is 0.0135. The van der Waals surface area contributed by atoms with Crippen molar-refractivity contribution in [3.8, 4) is 17.0 Å². The molecule has 46 heavy (non-hydrogen) atoms. The smallest absolute Gasteiger partial charge is 0.326 e. The molecule has 0 aliphatic carbocycles. The number of nitrogens with one attached hydrogen (secondary N) is 3. The maximum absolute atomic E-state index is 13.0. The largest absolute Gasteiger partial charge is 0.494 e. The van der Waals surface area contributed by atoms with Crippen LogP contribution in [0, 0.1) is 5.92 Å². The molecular weight excluding hydrogens is 602 g/mol. The fraction of sp³-hybridized carbons (Fsp3) is 0.452.